The second kappa shape index (κ2) is 5.99. The lowest BCUT2D eigenvalue weighted by atomic mass is 10.2. The van der Waals surface area contributed by atoms with Gasteiger partial charge in [-0.1, -0.05) is 11.8 Å². The Morgan fingerprint density at radius 1 is 1.55 bits per heavy atom. The fourth-order valence-electron chi connectivity index (χ4n) is 1.55. The first-order chi connectivity index (χ1) is 9.61. The van der Waals surface area contributed by atoms with Crippen molar-refractivity contribution < 1.29 is 13.6 Å². The van der Waals surface area contributed by atoms with Crippen molar-refractivity contribution in [2.75, 3.05) is 11.9 Å². The highest BCUT2D eigenvalue weighted by Crippen LogP contribution is 2.15. The van der Waals surface area contributed by atoms with E-state index in [1.54, 1.807) is 13.0 Å². The van der Waals surface area contributed by atoms with Gasteiger partial charge in [0, 0.05) is 5.69 Å². The molecule has 2 rings (SSSR count). The molecule has 0 atom stereocenters. The summed E-state index contributed by atoms with van der Waals surface area (Å²) in [6.07, 6.45) is 1.18. The number of carbonyl (C=O) groups is 1. The fraction of sp³-hybridized carbons (Fsp3) is 0.143. The second-order valence-corrected chi connectivity index (χ2v) is 3.92. The highest BCUT2D eigenvalue weighted by Gasteiger charge is 2.14. The van der Waals surface area contributed by atoms with Gasteiger partial charge in [0.25, 0.3) is 5.91 Å². The van der Waals surface area contributed by atoms with Crippen LogP contribution >= 0.6 is 0 Å². The summed E-state index contributed by atoms with van der Waals surface area (Å²) in [6, 6.07) is 4.21. The van der Waals surface area contributed by atoms with Crippen LogP contribution in [0.3, 0.4) is 0 Å². The highest BCUT2D eigenvalue weighted by molar-refractivity contribution is 6.02. The number of aryl methyl sites for hydroxylation is 1. The summed E-state index contributed by atoms with van der Waals surface area (Å²) in [5.74, 6) is 4.24. The summed E-state index contributed by atoms with van der Waals surface area (Å²) in [6.45, 7) is 1.80. The van der Waals surface area contributed by atoms with E-state index in [9.17, 15) is 9.18 Å². The van der Waals surface area contributed by atoms with E-state index in [0.29, 0.717) is 11.4 Å². The van der Waals surface area contributed by atoms with Crippen LogP contribution in [0.1, 0.15) is 21.8 Å². The Balaban J connectivity index is 2.17. The first-order valence-corrected chi connectivity index (χ1v) is 5.81. The Labute approximate surface area is 115 Å². The zero-order valence-corrected chi connectivity index (χ0v) is 10.7. The maximum atomic E-state index is 13.7. The third kappa shape index (κ3) is 3.02. The lowest BCUT2D eigenvalue weighted by Crippen LogP contribution is -2.12. The Bertz CT molecular complexity index is 698. The first kappa shape index (κ1) is 13.8. The van der Waals surface area contributed by atoms with E-state index >= 15 is 0 Å². The largest absolute Gasteiger partial charge is 0.438 e. The normalized spacial score (nSPS) is 9.75. The molecule has 2 aromatic rings. The van der Waals surface area contributed by atoms with Crippen LogP contribution in [-0.4, -0.2) is 17.4 Å². The third-order valence-electron chi connectivity index (χ3n) is 2.50. The maximum absolute atomic E-state index is 13.7. The van der Waals surface area contributed by atoms with Crippen LogP contribution in [0.25, 0.3) is 0 Å². The predicted molar refractivity (Wildman–Crippen MR) is 71.5 cm³/mol. The number of benzene rings is 1. The van der Waals surface area contributed by atoms with Crippen molar-refractivity contribution in [1.82, 2.24) is 4.98 Å². The lowest BCUT2D eigenvalue weighted by molar-refractivity contribution is 0.0996. The molecule has 3 N–H and O–H groups in total. The molecular formula is C14H12FN3O2. The first-order valence-electron chi connectivity index (χ1n) is 5.81. The molecule has 0 aliphatic rings. The molecule has 102 valence electrons. The molecular weight excluding hydrogens is 261 g/mol. The standard InChI is InChI=1S/C14H12FN3O2/c1-9-13(20-8-17-9)14(19)18-11-5-4-10(3-2-6-16)12(15)7-11/h4-5,7-8H,6,16H2,1H3,(H,18,19). The number of aromatic nitrogens is 1. The molecule has 0 saturated carbocycles. The third-order valence-corrected chi connectivity index (χ3v) is 2.50. The van der Waals surface area contributed by atoms with E-state index in [4.69, 9.17) is 10.2 Å². The number of hydrogen-bond acceptors (Lipinski definition) is 4. The van der Waals surface area contributed by atoms with Crippen molar-refractivity contribution in [1.29, 1.82) is 0 Å². The molecule has 1 heterocycles. The van der Waals surface area contributed by atoms with E-state index < -0.39 is 11.7 Å². The summed E-state index contributed by atoms with van der Waals surface area (Å²) in [5.41, 5.74) is 6.22. The number of rotatable bonds is 2. The van der Waals surface area contributed by atoms with Crippen LogP contribution in [0.4, 0.5) is 10.1 Å². The van der Waals surface area contributed by atoms with Crippen molar-refractivity contribution >= 4 is 11.6 Å². The molecule has 0 fully saturated rings. The number of nitrogens with one attached hydrogen (secondary N) is 1. The molecule has 0 bridgehead atoms. The van der Waals surface area contributed by atoms with Crippen LogP contribution in [0.5, 0.6) is 0 Å². The van der Waals surface area contributed by atoms with Gasteiger partial charge in [0.05, 0.1) is 17.8 Å². The zero-order chi connectivity index (χ0) is 14.5. The van der Waals surface area contributed by atoms with Crippen molar-refractivity contribution in [3.8, 4) is 11.8 Å². The van der Waals surface area contributed by atoms with Gasteiger partial charge in [-0.3, -0.25) is 4.79 Å². The smallest absolute Gasteiger partial charge is 0.293 e. The van der Waals surface area contributed by atoms with Crippen LogP contribution in [0, 0.1) is 24.6 Å². The number of halogens is 1. The van der Waals surface area contributed by atoms with Gasteiger partial charge in [-0.05, 0) is 25.1 Å². The molecule has 0 spiro atoms. The van der Waals surface area contributed by atoms with E-state index in [1.165, 1.54) is 18.5 Å². The molecule has 20 heavy (non-hydrogen) atoms. The van der Waals surface area contributed by atoms with E-state index in [1.807, 2.05) is 0 Å². The number of nitrogens with zero attached hydrogens (tertiary/aromatic N) is 1. The summed E-state index contributed by atoms with van der Waals surface area (Å²) in [4.78, 5) is 15.7. The van der Waals surface area contributed by atoms with Crippen molar-refractivity contribution in [3.63, 3.8) is 0 Å². The minimum atomic E-state index is -0.530. The molecule has 1 aromatic carbocycles. The fourth-order valence-corrected chi connectivity index (χ4v) is 1.55. The highest BCUT2D eigenvalue weighted by atomic mass is 19.1. The summed E-state index contributed by atoms with van der Waals surface area (Å²) in [5, 5.41) is 2.52. The number of anilines is 1. The molecule has 0 saturated heterocycles. The van der Waals surface area contributed by atoms with Crippen molar-refractivity contribution in [2.45, 2.75) is 6.92 Å². The SMILES string of the molecule is Cc1ncoc1C(=O)Nc1ccc(C#CCN)c(F)c1. The topological polar surface area (TPSA) is 81.2 Å². The van der Waals surface area contributed by atoms with Crippen molar-refractivity contribution in [3.05, 3.63) is 47.4 Å². The van der Waals surface area contributed by atoms with Gasteiger partial charge in [-0.15, -0.1) is 0 Å². The molecule has 0 radical (unpaired) electrons. The number of carbonyl (C=O) groups excluding carboxylic acids is 1. The molecule has 0 aliphatic heterocycles. The molecule has 1 aromatic heterocycles. The van der Waals surface area contributed by atoms with Gasteiger partial charge < -0.3 is 15.5 Å². The second-order valence-electron chi connectivity index (χ2n) is 3.92. The van der Waals surface area contributed by atoms with E-state index in [-0.39, 0.29) is 17.9 Å². The Morgan fingerprint density at radius 2 is 2.35 bits per heavy atom. The van der Waals surface area contributed by atoms with Crippen LogP contribution < -0.4 is 11.1 Å². The maximum Gasteiger partial charge on any atom is 0.293 e. The molecule has 0 unspecified atom stereocenters. The Morgan fingerprint density at radius 3 is 2.95 bits per heavy atom. The summed E-state index contributed by atoms with van der Waals surface area (Å²) < 4.78 is 18.7. The van der Waals surface area contributed by atoms with Gasteiger partial charge in [-0.25, -0.2) is 9.37 Å². The number of oxazole rings is 1. The minimum Gasteiger partial charge on any atom is -0.438 e. The number of nitrogens with two attached hydrogens (primary N) is 1. The predicted octanol–water partition coefficient (Wildman–Crippen LogP) is 1.68. The van der Waals surface area contributed by atoms with Gasteiger partial charge in [0.2, 0.25) is 5.76 Å². The lowest BCUT2D eigenvalue weighted by Gasteiger charge is -2.04. The van der Waals surface area contributed by atoms with Crippen molar-refractivity contribution in [2.24, 2.45) is 5.73 Å². The summed E-state index contributed by atoms with van der Waals surface area (Å²) >= 11 is 0. The quantitative estimate of drug-likeness (QED) is 0.816. The van der Waals surface area contributed by atoms with Gasteiger partial charge in [0.1, 0.15) is 5.82 Å². The Hall–Kier alpha value is -2.65. The van der Waals surface area contributed by atoms with Crippen LogP contribution in [0.15, 0.2) is 29.0 Å². The molecule has 1 amide bonds. The summed E-state index contributed by atoms with van der Waals surface area (Å²) in [7, 11) is 0. The number of hydrogen-bond donors (Lipinski definition) is 2. The minimum absolute atomic E-state index is 0.0948. The monoisotopic (exact) mass is 273 g/mol. The van der Waals surface area contributed by atoms with Gasteiger partial charge in [-0.2, -0.15) is 0 Å². The van der Waals surface area contributed by atoms with Gasteiger partial charge >= 0.3 is 0 Å². The molecule has 6 heteroatoms. The molecule has 5 nitrogen and oxygen atoms in total. The average molecular weight is 273 g/mol. The van der Waals surface area contributed by atoms with Crippen LogP contribution in [0.2, 0.25) is 0 Å². The van der Waals surface area contributed by atoms with E-state index in [2.05, 4.69) is 22.1 Å². The van der Waals surface area contributed by atoms with Crippen LogP contribution in [-0.2, 0) is 0 Å². The van der Waals surface area contributed by atoms with Gasteiger partial charge in [0.15, 0.2) is 6.39 Å². The number of amides is 1. The van der Waals surface area contributed by atoms with E-state index in [0.717, 1.165) is 0 Å². The average Bonchev–Trinajstić information content (AvgIpc) is 2.84. The Kier molecular flexibility index (Phi) is 4.13. The molecule has 0 aliphatic carbocycles. The zero-order valence-electron chi connectivity index (χ0n) is 10.7.